The van der Waals surface area contributed by atoms with Gasteiger partial charge in [0.1, 0.15) is 11.6 Å². The van der Waals surface area contributed by atoms with E-state index in [4.69, 9.17) is 5.73 Å². The maximum Gasteiger partial charge on any atom is 0.180 e. The molecular formula is C12H14ClF2N3S. The highest BCUT2D eigenvalue weighted by Gasteiger charge is 2.08. The fraction of sp³-hybridized carbons (Fsp3) is 0.250. The lowest BCUT2D eigenvalue weighted by Gasteiger charge is -2.15. The number of nitrogen functional groups attached to an aromatic ring is 1. The van der Waals surface area contributed by atoms with Crippen LogP contribution in [-0.4, -0.2) is 16.9 Å². The Hall–Kier alpha value is -1.24. The normalized spacial score (nSPS) is 10.5. The van der Waals surface area contributed by atoms with Crippen LogP contribution in [0.4, 0.5) is 13.9 Å². The van der Waals surface area contributed by atoms with Crippen LogP contribution in [-0.2, 0) is 13.1 Å². The van der Waals surface area contributed by atoms with Crippen molar-refractivity contribution in [2.75, 3.05) is 12.8 Å². The van der Waals surface area contributed by atoms with Crippen molar-refractivity contribution in [2.24, 2.45) is 0 Å². The molecule has 2 aromatic rings. The third kappa shape index (κ3) is 4.41. The van der Waals surface area contributed by atoms with Crippen molar-refractivity contribution < 1.29 is 8.78 Å². The van der Waals surface area contributed by atoms with E-state index in [0.29, 0.717) is 23.8 Å². The van der Waals surface area contributed by atoms with Crippen LogP contribution < -0.4 is 5.73 Å². The molecule has 1 heterocycles. The van der Waals surface area contributed by atoms with Crippen LogP contribution >= 0.6 is 23.7 Å². The summed E-state index contributed by atoms with van der Waals surface area (Å²) in [7, 11) is 1.86. The van der Waals surface area contributed by atoms with Crippen LogP contribution in [0, 0.1) is 11.6 Å². The van der Waals surface area contributed by atoms with Crippen LogP contribution in [0.3, 0.4) is 0 Å². The van der Waals surface area contributed by atoms with E-state index < -0.39 is 11.6 Å². The van der Waals surface area contributed by atoms with Crippen LogP contribution in [0.25, 0.3) is 0 Å². The molecule has 0 atom stereocenters. The number of hydrogen-bond acceptors (Lipinski definition) is 4. The smallest absolute Gasteiger partial charge is 0.180 e. The molecule has 3 nitrogen and oxygen atoms in total. The largest absolute Gasteiger partial charge is 0.375 e. The molecule has 0 aliphatic rings. The van der Waals surface area contributed by atoms with Gasteiger partial charge in [0.15, 0.2) is 5.13 Å². The standard InChI is InChI=1S/C12H13F2N3S.ClH/c1-17(7-10-5-16-12(15)18-10)6-8-2-3-9(13)4-11(8)14;/h2-5H,6-7H2,1H3,(H2,15,16);1H. The molecule has 0 amide bonds. The zero-order valence-electron chi connectivity index (χ0n) is 10.3. The molecule has 7 heteroatoms. The first-order chi connectivity index (χ1) is 8.54. The number of rotatable bonds is 4. The number of hydrogen-bond donors (Lipinski definition) is 1. The van der Waals surface area contributed by atoms with Gasteiger partial charge in [-0.1, -0.05) is 6.07 Å². The summed E-state index contributed by atoms with van der Waals surface area (Å²) in [6, 6.07) is 3.62. The van der Waals surface area contributed by atoms with E-state index in [9.17, 15) is 8.78 Å². The summed E-state index contributed by atoms with van der Waals surface area (Å²) in [5.41, 5.74) is 6.00. The Morgan fingerprint density at radius 2 is 2.05 bits per heavy atom. The first-order valence-corrected chi connectivity index (χ1v) is 6.19. The van der Waals surface area contributed by atoms with Crippen molar-refractivity contribution in [1.82, 2.24) is 9.88 Å². The molecular weight excluding hydrogens is 292 g/mol. The number of benzene rings is 1. The molecule has 0 saturated heterocycles. The molecule has 104 valence electrons. The van der Waals surface area contributed by atoms with Crippen molar-refractivity contribution in [3.8, 4) is 0 Å². The Kier molecular flexibility index (Phi) is 5.65. The first kappa shape index (κ1) is 15.8. The van der Waals surface area contributed by atoms with E-state index in [1.165, 1.54) is 23.5 Å². The van der Waals surface area contributed by atoms with Crippen molar-refractivity contribution in [1.29, 1.82) is 0 Å². The lowest BCUT2D eigenvalue weighted by atomic mass is 10.2. The van der Waals surface area contributed by atoms with Gasteiger partial charge in [0, 0.05) is 35.8 Å². The predicted molar refractivity (Wildman–Crippen MR) is 75.3 cm³/mol. The maximum absolute atomic E-state index is 13.5. The van der Waals surface area contributed by atoms with E-state index >= 15 is 0 Å². The van der Waals surface area contributed by atoms with Gasteiger partial charge in [0.2, 0.25) is 0 Å². The van der Waals surface area contributed by atoms with Crippen LogP contribution in [0.2, 0.25) is 0 Å². The fourth-order valence-electron chi connectivity index (χ4n) is 1.66. The van der Waals surface area contributed by atoms with Gasteiger partial charge in [-0.15, -0.1) is 23.7 Å². The summed E-state index contributed by atoms with van der Waals surface area (Å²) in [6.45, 7) is 1.04. The van der Waals surface area contributed by atoms with Gasteiger partial charge < -0.3 is 5.73 Å². The molecule has 19 heavy (non-hydrogen) atoms. The van der Waals surface area contributed by atoms with Gasteiger partial charge in [-0.3, -0.25) is 4.90 Å². The molecule has 1 aromatic carbocycles. The van der Waals surface area contributed by atoms with Crippen molar-refractivity contribution in [2.45, 2.75) is 13.1 Å². The number of nitrogens with two attached hydrogens (primary N) is 1. The van der Waals surface area contributed by atoms with Gasteiger partial charge >= 0.3 is 0 Å². The number of nitrogens with zero attached hydrogens (tertiary/aromatic N) is 2. The molecule has 0 unspecified atom stereocenters. The second-order valence-electron chi connectivity index (χ2n) is 4.07. The van der Waals surface area contributed by atoms with Crippen molar-refractivity contribution in [3.05, 3.63) is 46.5 Å². The number of aromatic nitrogens is 1. The molecule has 2 N–H and O–H groups in total. The molecule has 0 aliphatic carbocycles. The Labute approximate surface area is 120 Å². The van der Waals surface area contributed by atoms with Gasteiger partial charge in [0.25, 0.3) is 0 Å². The zero-order chi connectivity index (χ0) is 13.1. The quantitative estimate of drug-likeness (QED) is 0.944. The molecule has 0 saturated carbocycles. The second-order valence-corrected chi connectivity index (χ2v) is 5.22. The molecule has 1 aromatic heterocycles. The van der Waals surface area contributed by atoms with Gasteiger partial charge in [-0.2, -0.15) is 0 Å². The van der Waals surface area contributed by atoms with Crippen LogP contribution in [0.5, 0.6) is 0 Å². The second kappa shape index (κ2) is 6.79. The minimum atomic E-state index is -0.561. The Balaban J connectivity index is 0.00000180. The number of halogens is 3. The third-order valence-electron chi connectivity index (χ3n) is 2.45. The summed E-state index contributed by atoms with van der Waals surface area (Å²) in [5.74, 6) is -1.08. The maximum atomic E-state index is 13.5. The molecule has 0 fully saturated rings. The minimum Gasteiger partial charge on any atom is -0.375 e. The summed E-state index contributed by atoms with van der Waals surface area (Å²) >= 11 is 1.40. The fourth-order valence-corrected chi connectivity index (χ4v) is 2.42. The first-order valence-electron chi connectivity index (χ1n) is 5.37. The van der Waals surface area contributed by atoms with E-state index in [1.54, 1.807) is 6.20 Å². The molecule has 0 spiro atoms. The number of thiazole rings is 1. The van der Waals surface area contributed by atoms with Gasteiger partial charge in [-0.05, 0) is 13.1 Å². The van der Waals surface area contributed by atoms with Crippen LogP contribution in [0.15, 0.2) is 24.4 Å². The predicted octanol–water partition coefficient (Wildman–Crippen LogP) is 3.06. The zero-order valence-corrected chi connectivity index (χ0v) is 11.9. The van der Waals surface area contributed by atoms with E-state index in [-0.39, 0.29) is 12.4 Å². The van der Waals surface area contributed by atoms with Crippen molar-refractivity contribution in [3.63, 3.8) is 0 Å². The Morgan fingerprint density at radius 1 is 1.32 bits per heavy atom. The van der Waals surface area contributed by atoms with Crippen LogP contribution in [0.1, 0.15) is 10.4 Å². The minimum absolute atomic E-state index is 0. The Morgan fingerprint density at radius 3 is 2.63 bits per heavy atom. The molecule has 0 radical (unpaired) electrons. The summed E-state index contributed by atoms with van der Waals surface area (Å²) in [5, 5.41) is 0.520. The summed E-state index contributed by atoms with van der Waals surface area (Å²) in [6.07, 6.45) is 1.71. The van der Waals surface area contributed by atoms with Gasteiger partial charge in [-0.25, -0.2) is 13.8 Å². The van der Waals surface area contributed by atoms with E-state index in [2.05, 4.69) is 4.98 Å². The lowest BCUT2D eigenvalue weighted by molar-refractivity contribution is 0.316. The van der Waals surface area contributed by atoms with E-state index in [0.717, 1.165) is 10.9 Å². The highest BCUT2D eigenvalue weighted by atomic mass is 35.5. The Bertz CT molecular complexity index is 548. The van der Waals surface area contributed by atoms with Gasteiger partial charge in [0.05, 0.1) is 0 Å². The summed E-state index contributed by atoms with van der Waals surface area (Å²) in [4.78, 5) is 6.88. The summed E-state index contributed by atoms with van der Waals surface area (Å²) < 4.78 is 26.2. The SMILES string of the molecule is CN(Cc1cnc(N)s1)Cc1ccc(F)cc1F.Cl. The third-order valence-corrected chi connectivity index (χ3v) is 3.26. The topological polar surface area (TPSA) is 42.2 Å². The van der Waals surface area contributed by atoms with E-state index in [1.807, 2.05) is 11.9 Å². The lowest BCUT2D eigenvalue weighted by Crippen LogP contribution is -2.17. The average molecular weight is 306 g/mol. The monoisotopic (exact) mass is 305 g/mol. The average Bonchev–Trinajstić information content (AvgIpc) is 2.68. The highest BCUT2D eigenvalue weighted by Crippen LogP contribution is 2.18. The molecule has 0 aliphatic heterocycles. The highest BCUT2D eigenvalue weighted by molar-refractivity contribution is 7.15. The molecule has 0 bridgehead atoms. The molecule has 2 rings (SSSR count). The van der Waals surface area contributed by atoms with Crippen molar-refractivity contribution >= 4 is 28.9 Å². The number of anilines is 1.